The van der Waals surface area contributed by atoms with E-state index < -0.39 is 15.9 Å². The Morgan fingerprint density at radius 2 is 1.93 bits per heavy atom. The average molecular weight is 434 g/mol. The maximum atomic E-state index is 12.1. The lowest BCUT2D eigenvalue weighted by molar-refractivity contribution is -0.120. The molecule has 4 N–H and O–H groups in total. The Bertz CT molecular complexity index is 1090. The number of thiazole rings is 1. The first-order valence-corrected chi connectivity index (χ1v) is 10.9. The molecule has 0 aliphatic rings. The van der Waals surface area contributed by atoms with E-state index >= 15 is 0 Å². The van der Waals surface area contributed by atoms with Crippen molar-refractivity contribution in [2.75, 3.05) is 11.9 Å². The van der Waals surface area contributed by atoms with Crippen LogP contribution in [0.3, 0.4) is 0 Å². The largest absolute Gasteiger partial charge is 0.459 e. The minimum atomic E-state index is -3.71. The van der Waals surface area contributed by atoms with Gasteiger partial charge in [0.25, 0.3) is 5.91 Å². The van der Waals surface area contributed by atoms with Crippen LogP contribution in [-0.2, 0) is 27.7 Å². The van der Waals surface area contributed by atoms with Crippen LogP contribution in [0.5, 0.6) is 0 Å². The zero-order chi connectivity index (χ0) is 20.9. The Kier molecular flexibility index (Phi) is 6.42. The molecule has 2 heterocycles. The molecule has 0 spiro atoms. The monoisotopic (exact) mass is 434 g/mol. The number of carbonyl (C=O) groups is 2. The molecule has 0 saturated carbocycles. The molecule has 9 nitrogen and oxygen atoms in total. The summed E-state index contributed by atoms with van der Waals surface area (Å²) in [7, 11) is -3.71. The number of nitrogens with zero attached hydrogens (tertiary/aromatic N) is 1. The minimum absolute atomic E-state index is 0.0451. The van der Waals surface area contributed by atoms with Crippen LogP contribution in [0.25, 0.3) is 0 Å². The number of primary sulfonamides is 1. The number of furan rings is 1. The van der Waals surface area contributed by atoms with E-state index in [1.54, 1.807) is 29.6 Å². The van der Waals surface area contributed by atoms with Crippen LogP contribution in [0.15, 0.2) is 57.4 Å². The van der Waals surface area contributed by atoms with Crippen molar-refractivity contribution in [2.45, 2.75) is 17.7 Å². The lowest BCUT2D eigenvalue weighted by atomic mass is 10.1. The Morgan fingerprint density at radius 3 is 2.59 bits per heavy atom. The molecule has 2 amide bonds. The first-order chi connectivity index (χ1) is 13.8. The maximum absolute atomic E-state index is 12.1. The number of nitrogens with one attached hydrogen (secondary N) is 2. The molecule has 3 rings (SSSR count). The zero-order valence-electron chi connectivity index (χ0n) is 15.1. The number of anilines is 1. The van der Waals surface area contributed by atoms with Gasteiger partial charge in [-0.05, 0) is 36.2 Å². The molecule has 0 saturated heterocycles. The summed E-state index contributed by atoms with van der Waals surface area (Å²) in [5, 5.41) is 12.5. The van der Waals surface area contributed by atoms with Crippen LogP contribution in [0.1, 0.15) is 21.8 Å². The summed E-state index contributed by atoms with van der Waals surface area (Å²) in [6.07, 6.45) is 2.02. The van der Waals surface area contributed by atoms with Crippen molar-refractivity contribution in [3.8, 4) is 0 Å². The first kappa shape index (κ1) is 20.7. The average Bonchev–Trinajstić information content (AvgIpc) is 3.34. The molecular formula is C18H18N4O5S2. The van der Waals surface area contributed by atoms with Gasteiger partial charge < -0.3 is 9.73 Å². The van der Waals surface area contributed by atoms with Crippen molar-refractivity contribution in [1.82, 2.24) is 10.3 Å². The number of sulfonamides is 1. The molecule has 2 aromatic heterocycles. The van der Waals surface area contributed by atoms with E-state index in [4.69, 9.17) is 9.56 Å². The summed E-state index contributed by atoms with van der Waals surface area (Å²) in [5.74, 6) is -0.439. The number of aromatic nitrogens is 1. The van der Waals surface area contributed by atoms with Crippen molar-refractivity contribution in [3.63, 3.8) is 0 Å². The van der Waals surface area contributed by atoms with Gasteiger partial charge in [0.05, 0.1) is 23.3 Å². The van der Waals surface area contributed by atoms with Crippen LogP contribution in [0.4, 0.5) is 5.13 Å². The quantitative estimate of drug-likeness (QED) is 0.490. The van der Waals surface area contributed by atoms with Gasteiger partial charge in [0.2, 0.25) is 15.9 Å². The second-order valence-corrected chi connectivity index (χ2v) is 8.46. The third-order valence-electron chi connectivity index (χ3n) is 3.85. The second kappa shape index (κ2) is 8.99. The fourth-order valence-corrected chi connectivity index (χ4v) is 3.65. The highest BCUT2D eigenvalue weighted by atomic mass is 32.2. The zero-order valence-corrected chi connectivity index (χ0v) is 16.8. The number of benzene rings is 1. The molecule has 152 valence electrons. The highest BCUT2D eigenvalue weighted by Crippen LogP contribution is 2.17. The molecule has 11 heteroatoms. The predicted octanol–water partition coefficient (Wildman–Crippen LogP) is 1.54. The number of amides is 2. The van der Waals surface area contributed by atoms with Gasteiger partial charge in [-0.25, -0.2) is 18.5 Å². The number of nitrogens with two attached hydrogens (primary N) is 1. The standard InChI is InChI=1S/C18H18N4O5S2/c19-29(25,26)14-5-3-12(4-6-14)7-8-20-16(23)10-13-11-28-18(21-13)22-17(24)15-2-1-9-27-15/h1-6,9,11H,7-8,10H2,(H,20,23)(H2,19,25,26)(H,21,22,24). The molecule has 0 fully saturated rings. The number of hydrogen-bond donors (Lipinski definition) is 3. The normalized spacial score (nSPS) is 11.2. The van der Waals surface area contributed by atoms with E-state index in [2.05, 4.69) is 15.6 Å². The summed E-state index contributed by atoms with van der Waals surface area (Å²) in [4.78, 5) is 28.2. The van der Waals surface area contributed by atoms with E-state index in [0.29, 0.717) is 23.8 Å². The number of hydrogen-bond acceptors (Lipinski definition) is 7. The van der Waals surface area contributed by atoms with Gasteiger partial charge in [-0.2, -0.15) is 0 Å². The lowest BCUT2D eigenvalue weighted by Crippen LogP contribution is -2.27. The number of carbonyl (C=O) groups excluding carboxylic acids is 2. The van der Waals surface area contributed by atoms with E-state index in [1.165, 1.54) is 29.7 Å². The van der Waals surface area contributed by atoms with Crippen molar-refractivity contribution < 1.29 is 22.4 Å². The molecule has 0 bridgehead atoms. The minimum Gasteiger partial charge on any atom is -0.459 e. The molecule has 0 radical (unpaired) electrons. The SMILES string of the molecule is NS(=O)(=O)c1ccc(CCNC(=O)Cc2csc(NC(=O)c3ccco3)n2)cc1. The molecule has 0 atom stereocenters. The maximum Gasteiger partial charge on any atom is 0.293 e. The van der Waals surface area contributed by atoms with E-state index in [9.17, 15) is 18.0 Å². The Labute approximate surface area is 171 Å². The summed E-state index contributed by atoms with van der Waals surface area (Å²) in [6, 6.07) is 9.32. The van der Waals surface area contributed by atoms with Crippen molar-refractivity contribution >= 4 is 38.3 Å². The Morgan fingerprint density at radius 1 is 1.17 bits per heavy atom. The van der Waals surface area contributed by atoms with Crippen LogP contribution >= 0.6 is 11.3 Å². The molecule has 0 unspecified atom stereocenters. The van der Waals surface area contributed by atoms with E-state index in [1.807, 2.05) is 0 Å². The predicted molar refractivity (Wildman–Crippen MR) is 107 cm³/mol. The Balaban J connectivity index is 1.44. The highest BCUT2D eigenvalue weighted by Gasteiger charge is 2.13. The van der Waals surface area contributed by atoms with Gasteiger partial charge >= 0.3 is 0 Å². The smallest absolute Gasteiger partial charge is 0.293 e. The number of rotatable bonds is 8. The van der Waals surface area contributed by atoms with Crippen LogP contribution in [0.2, 0.25) is 0 Å². The molecule has 3 aromatic rings. The molecular weight excluding hydrogens is 416 g/mol. The fraction of sp³-hybridized carbons (Fsp3) is 0.167. The van der Waals surface area contributed by atoms with Gasteiger partial charge in [-0.1, -0.05) is 12.1 Å². The second-order valence-electron chi connectivity index (χ2n) is 6.04. The summed E-state index contributed by atoms with van der Waals surface area (Å²) in [5.41, 5.74) is 1.41. The summed E-state index contributed by atoms with van der Waals surface area (Å²) >= 11 is 1.22. The third-order valence-corrected chi connectivity index (χ3v) is 5.58. The summed E-state index contributed by atoms with van der Waals surface area (Å²) < 4.78 is 27.5. The van der Waals surface area contributed by atoms with Gasteiger partial charge in [0, 0.05) is 11.9 Å². The highest BCUT2D eigenvalue weighted by molar-refractivity contribution is 7.89. The third kappa shape index (κ3) is 5.98. The Hall–Kier alpha value is -3.02. The first-order valence-electron chi connectivity index (χ1n) is 8.49. The van der Waals surface area contributed by atoms with Crippen LogP contribution in [-0.4, -0.2) is 31.8 Å². The molecule has 29 heavy (non-hydrogen) atoms. The molecule has 0 aliphatic carbocycles. The van der Waals surface area contributed by atoms with E-state index in [-0.39, 0.29) is 23.0 Å². The molecule has 1 aromatic carbocycles. The van der Waals surface area contributed by atoms with Gasteiger partial charge in [0.1, 0.15) is 0 Å². The van der Waals surface area contributed by atoms with Gasteiger partial charge in [-0.15, -0.1) is 11.3 Å². The van der Waals surface area contributed by atoms with Crippen LogP contribution in [0, 0.1) is 0 Å². The molecule has 0 aliphatic heterocycles. The van der Waals surface area contributed by atoms with E-state index in [0.717, 1.165) is 5.56 Å². The van der Waals surface area contributed by atoms with Crippen molar-refractivity contribution in [2.24, 2.45) is 5.14 Å². The van der Waals surface area contributed by atoms with Crippen molar-refractivity contribution in [3.05, 3.63) is 65.1 Å². The van der Waals surface area contributed by atoms with Crippen LogP contribution < -0.4 is 15.8 Å². The summed E-state index contributed by atoms with van der Waals surface area (Å²) in [6.45, 7) is 0.389. The topological polar surface area (TPSA) is 144 Å². The van der Waals surface area contributed by atoms with Gasteiger partial charge in [-0.3, -0.25) is 14.9 Å². The van der Waals surface area contributed by atoms with Gasteiger partial charge in [0.15, 0.2) is 10.9 Å². The van der Waals surface area contributed by atoms with Crippen molar-refractivity contribution in [1.29, 1.82) is 0 Å². The lowest BCUT2D eigenvalue weighted by Gasteiger charge is -2.05. The fourth-order valence-electron chi connectivity index (χ4n) is 2.43.